The minimum atomic E-state index is 0.568. The van der Waals surface area contributed by atoms with E-state index >= 15 is 0 Å². The fourth-order valence-electron chi connectivity index (χ4n) is 1.82. The van der Waals surface area contributed by atoms with Gasteiger partial charge in [0.05, 0.1) is 6.54 Å². The molecule has 2 rings (SSSR count). The number of hydrogen-bond acceptors (Lipinski definition) is 4. The summed E-state index contributed by atoms with van der Waals surface area (Å²) in [4.78, 5) is 2.42. The Hall–Kier alpha value is -0.940. The third-order valence-electron chi connectivity index (χ3n) is 2.70. The van der Waals surface area contributed by atoms with Crippen LogP contribution in [-0.4, -0.2) is 45.3 Å². The fraction of sp³-hybridized carbons (Fsp3) is 0.800. The molecule has 0 saturated carbocycles. The van der Waals surface area contributed by atoms with Gasteiger partial charge in [0.1, 0.15) is 12.2 Å². The molecule has 1 aromatic heterocycles. The molecule has 1 aromatic rings. The predicted molar refractivity (Wildman–Crippen MR) is 58.4 cm³/mol. The van der Waals surface area contributed by atoms with Crippen LogP contribution in [0.2, 0.25) is 0 Å². The molecule has 0 spiro atoms. The maximum atomic E-state index is 4.10. The molecular weight excluding hydrogens is 190 g/mol. The SMILES string of the molecule is CC(C)NCCN1CCn2cnnc2C1. The molecule has 5 heteroatoms. The standard InChI is InChI=1S/C10H19N5/c1-9(2)11-3-4-14-5-6-15-8-12-13-10(15)7-14/h8-9,11H,3-7H2,1-2H3. The monoisotopic (exact) mass is 209 g/mol. The number of nitrogens with one attached hydrogen (secondary N) is 1. The van der Waals surface area contributed by atoms with Gasteiger partial charge in [-0.25, -0.2) is 0 Å². The van der Waals surface area contributed by atoms with E-state index in [1.165, 1.54) is 0 Å². The van der Waals surface area contributed by atoms with Gasteiger partial charge >= 0.3 is 0 Å². The Kier molecular flexibility index (Phi) is 3.33. The van der Waals surface area contributed by atoms with Crippen LogP contribution < -0.4 is 5.32 Å². The highest BCUT2D eigenvalue weighted by Crippen LogP contribution is 2.07. The lowest BCUT2D eigenvalue weighted by atomic mass is 10.3. The highest BCUT2D eigenvalue weighted by molar-refractivity contribution is 4.89. The summed E-state index contributed by atoms with van der Waals surface area (Å²) in [5, 5.41) is 11.4. The molecule has 0 unspecified atom stereocenters. The average Bonchev–Trinajstić information content (AvgIpc) is 2.64. The highest BCUT2D eigenvalue weighted by atomic mass is 15.3. The van der Waals surface area contributed by atoms with E-state index in [-0.39, 0.29) is 0 Å². The van der Waals surface area contributed by atoms with E-state index in [2.05, 4.69) is 38.8 Å². The molecule has 1 aliphatic heterocycles. The molecular formula is C10H19N5. The van der Waals surface area contributed by atoms with Gasteiger partial charge in [0, 0.05) is 32.2 Å². The summed E-state index contributed by atoms with van der Waals surface area (Å²) < 4.78 is 2.13. The summed E-state index contributed by atoms with van der Waals surface area (Å²) in [6.45, 7) is 9.53. The Balaban J connectivity index is 1.78. The van der Waals surface area contributed by atoms with Gasteiger partial charge in [0.2, 0.25) is 0 Å². The Labute approximate surface area is 90.5 Å². The van der Waals surface area contributed by atoms with Crippen molar-refractivity contribution in [1.82, 2.24) is 25.0 Å². The zero-order valence-electron chi connectivity index (χ0n) is 9.48. The van der Waals surface area contributed by atoms with Crippen LogP contribution in [0, 0.1) is 0 Å². The largest absolute Gasteiger partial charge is 0.315 e. The van der Waals surface area contributed by atoms with Crippen LogP contribution >= 0.6 is 0 Å². The van der Waals surface area contributed by atoms with Gasteiger partial charge < -0.3 is 9.88 Å². The number of rotatable bonds is 4. The van der Waals surface area contributed by atoms with E-state index in [1.54, 1.807) is 0 Å². The number of fused-ring (bicyclic) bond motifs is 1. The van der Waals surface area contributed by atoms with Gasteiger partial charge in [0.15, 0.2) is 0 Å². The summed E-state index contributed by atoms with van der Waals surface area (Å²) >= 11 is 0. The Morgan fingerprint density at radius 1 is 1.47 bits per heavy atom. The lowest BCUT2D eigenvalue weighted by molar-refractivity contribution is 0.216. The zero-order chi connectivity index (χ0) is 10.7. The van der Waals surface area contributed by atoms with Crippen LogP contribution in [0.4, 0.5) is 0 Å². The van der Waals surface area contributed by atoms with Crippen LogP contribution in [0.5, 0.6) is 0 Å². The maximum absolute atomic E-state index is 4.10. The van der Waals surface area contributed by atoms with Crippen LogP contribution in [-0.2, 0) is 13.1 Å². The first-order valence-electron chi connectivity index (χ1n) is 5.58. The molecule has 1 aliphatic rings. The quantitative estimate of drug-likeness (QED) is 0.763. The van der Waals surface area contributed by atoms with Crippen molar-refractivity contribution in [2.45, 2.75) is 33.0 Å². The first-order chi connectivity index (χ1) is 7.25. The third-order valence-corrected chi connectivity index (χ3v) is 2.70. The molecule has 0 radical (unpaired) electrons. The summed E-state index contributed by atoms with van der Waals surface area (Å²) in [5.74, 6) is 1.09. The second-order valence-electron chi connectivity index (χ2n) is 4.33. The smallest absolute Gasteiger partial charge is 0.147 e. The summed E-state index contributed by atoms with van der Waals surface area (Å²) in [6.07, 6.45) is 1.82. The van der Waals surface area contributed by atoms with Crippen LogP contribution in [0.1, 0.15) is 19.7 Å². The number of nitrogens with zero attached hydrogens (tertiary/aromatic N) is 4. The molecule has 1 N–H and O–H groups in total. The lowest BCUT2D eigenvalue weighted by Gasteiger charge is -2.27. The molecule has 0 saturated heterocycles. The topological polar surface area (TPSA) is 46.0 Å². The Bertz CT molecular complexity index is 307. The van der Waals surface area contributed by atoms with Crippen LogP contribution in [0.25, 0.3) is 0 Å². The van der Waals surface area contributed by atoms with E-state index in [4.69, 9.17) is 0 Å². The molecule has 0 aromatic carbocycles. The van der Waals surface area contributed by atoms with Gasteiger partial charge in [-0.3, -0.25) is 4.90 Å². The second-order valence-corrected chi connectivity index (χ2v) is 4.33. The second kappa shape index (κ2) is 4.72. The molecule has 15 heavy (non-hydrogen) atoms. The molecule has 84 valence electrons. The molecule has 5 nitrogen and oxygen atoms in total. The summed E-state index contributed by atoms with van der Waals surface area (Å²) in [6, 6.07) is 0.568. The van der Waals surface area contributed by atoms with Crippen molar-refractivity contribution in [3.05, 3.63) is 12.2 Å². The highest BCUT2D eigenvalue weighted by Gasteiger charge is 2.16. The summed E-state index contributed by atoms with van der Waals surface area (Å²) in [5.41, 5.74) is 0. The van der Waals surface area contributed by atoms with Crippen molar-refractivity contribution in [2.24, 2.45) is 0 Å². The molecule has 0 amide bonds. The Morgan fingerprint density at radius 2 is 2.33 bits per heavy atom. The molecule has 0 atom stereocenters. The minimum Gasteiger partial charge on any atom is -0.315 e. The van der Waals surface area contributed by atoms with Crippen LogP contribution in [0.3, 0.4) is 0 Å². The predicted octanol–water partition coefficient (Wildman–Crippen LogP) is 0.0917. The zero-order valence-corrected chi connectivity index (χ0v) is 9.48. The van der Waals surface area contributed by atoms with Crippen molar-refractivity contribution in [1.29, 1.82) is 0 Å². The molecule has 2 heterocycles. The first kappa shape index (κ1) is 10.6. The third kappa shape index (κ3) is 2.76. The number of hydrogen-bond donors (Lipinski definition) is 1. The number of aromatic nitrogens is 3. The van der Waals surface area contributed by atoms with Gasteiger partial charge in [-0.1, -0.05) is 13.8 Å². The van der Waals surface area contributed by atoms with Crippen molar-refractivity contribution in [3.8, 4) is 0 Å². The van der Waals surface area contributed by atoms with Crippen molar-refractivity contribution in [3.63, 3.8) is 0 Å². The Morgan fingerprint density at radius 3 is 3.13 bits per heavy atom. The molecule has 0 bridgehead atoms. The van der Waals surface area contributed by atoms with E-state index in [1.807, 2.05) is 6.33 Å². The van der Waals surface area contributed by atoms with E-state index in [0.717, 1.165) is 38.5 Å². The van der Waals surface area contributed by atoms with E-state index in [0.29, 0.717) is 6.04 Å². The van der Waals surface area contributed by atoms with E-state index in [9.17, 15) is 0 Å². The minimum absolute atomic E-state index is 0.568. The first-order valence-corrected chi connectivity index (χ1v) is 5.58. The normalized spacial score (nSPS) is 17.0. The van der Waals surface area contributed by atoms with Crippen LogP contribution in [0.15, 0.2) is 6.33 Å². The average molecular weight is 209 g/mol. The lowest BCUT2D eigenvalue weighted by Crippen LogP contribution is -2.39. The van der Waals surface area contributed by atoms with E-state index < -0.39 is 0 Å². The maximum Gasteiger partial charge on any atom is 0.147 e. The van der Waals surface area contributed by atoms with Crippen molar-refractivity contribution >= 4 is 0 Å². The van der Waals surface area contributed by atoms with Crippen molar-refractivity contribution < 1.29 is 0 Å². The molecule has 0 fully saturated rings. The summed E-state index contributed by atoms with van der Waals surface area (Å²) in [7, 11) is 0. The van der Waals surface area contributed by atoms with Gasteiger partial charge in [-0.15, -0.1) is 10.2 Å². The van der Waals surface area contributed by atoms with Crippen molar-refractivity contribution in [2.75, 3.05) is 19.6 Å². The molecule has 0 aliphatic carbocycles. The fourth-order valence-corrected chi connectivity index (χ4v) is 1.82. The van der Waals surface area contributed by atoms with Gasteiger partial charge in [-0.05, 0) is 0 Å². The van der Waals surface area contributed by atoms with Gasteiger partial charge in [0.25, 0.3) is 0 Å². The van der Waals surface area contributed by atoms with Gasteiger partial charge in [-0.2, -0.15) is 0 Å².